The fourth-order valence-corrected chi connectivity index (χ4v) is 1.86. The second-order valence-electron chi connectivity index (χ2n) is 4.22. The molecule has 0 unspecified atom stereocenters. The molecule has 2 rings (SSSR count). The molecule has 1 heterocycles. The van der Waals surface area contributed by atoms with Gasteiger partial charge in [0.25, 0.3) is 5.56 Å². The summed E-state index contributed by atoms with van der Waals surface area (Å²) in [6.45, 7) is 1.45. The molecule has 0 aliphatic heterocycles. The highest BCUT2D eigenvalue weighted by atomic mass is 19.1. The van der Waals surface area contributed by atoms with Gasteiger partial charge in [-0.1, -0.05) is 0 Å². The first-order chi connectivity index (χ1) is 9.40. The summed E-state index contributed by atoms with van der Waals surface area (Å²) >= 11 is 0. The van der Waals surface area contributed by atoms with Crippen molar-refractivity contribution in [1.82, 2.24) is 9.55 Å². The number of benzene rings is 1. The van der Waals surface area contributed by atoms with Crippen molar-refractivity contribution in [2.75, 3.05) is 0 Å². The summed E-state index contributed by atoms with van der Waals surface area (Å²) in [7, 11) is 0. The van der Waals surface area contributed by atoms with E-state index in [1.54, 1.807) is 0 Å². The molecule has 0 amide bonds. The lowest BCUT2D eigenvalue weighted by Gasteiger charge is -2.08. The number of aryl methyl sites for hydroxylation is 1. The van der Waals surface area contributed by atoms with E-state index in [0.29, 0.717) is 0 Å². The number of aromatic nitrogens is 2. The fourth-order valence-electron chi connectivity index (χ4n) is 1.86. The van der Waals surface area contributed by atoms with Crippen molar-refractivity contribution < 1.29 is 14.3 Å². The van der Waals surface area contributed by atoms with Crippen LogP contribution in [0.2, 0.25) is 0 Å². The lowest BCUT2D eigenvalue weighted by molar-refractivity contribution is -0.136. The minimum atomic E-state index is -1.18. The van der Waals surface area contributed by atoms with Crippen molar-refractivity contribution in [3.63, 3.8) is 0 Å². The van der Waals surface area contributed by atoms with Crippen LogP contribution in [-0.2, 0) is 11.2 Å². The molecule has 0 aliphatic carbocycles. The van der Waals surface area contributed by atoms with Crippen LogP contribution in [0.4, 0.5) is 4.39 Å². The third kappa shape index (κ3) is 2.51. The van der Waals surface area contributed by atoms with Gasteiger partial charge in [-0.05, 0) is 31.2 Å². The van der Waals surface area contributed by atoms with E-state index >= 15 is 0 Å². The Morgan fingerprint density at radius 1 is 1.30 bits per heavy atom. The van der Waals surface area contributed by atoms with Gasteiger partial charge in [0, 0.05) is 11.3 Å². The van der Waals surface area contributed by atoms with E-state index in [4.69, 9.17) is 5.11 Å². The number of nitrogens with one attached hydrogen (secondary N) is 1. The summed E-state index contributed by atoms with van der Waals surface area (Å²) in [5, 5.41) is 8.79. The van der Waals surface area contributed by atoms with Gasteiger partial charge < -0.3 is 10.1 Å². The van der Waals surface area contributed by atoms with Gasteiger partial charge >= 0.3 is 11.7 Å². The van der Waals surface area contributed by atoms with E-state index in [1.165, 1.54) is 19.1 Å². The first-order valence-electron chi connectivity index (χ1n) is 5.72. The van der Waals surface area contributed by atoms with E-state index in [1.807, 2.05) is 0 Å². The van der Waals surface area contributed by atoms with Crippen molar-refractivity contribution in [2.45, 2.75) is 13.3 Å². The van der Waals surface area contributed by atoms with Gasteiger partial charge in [-0.2, -0.15) is 0 Å². The average molecular weight is 278 g/mol. The molecule has 2 N–H and O–H groups in total. The Labute approximate surface area is 112 Å². The standard InChI is InChI=1S/C13H11FN2O4/c1-7-10(6-11(17)18)12(19)16(13(20)15-7)9-4-2-8(14)3-5-9/h2-5H,6H2,1H3,(H,15,20)(H,17,18). The van der Waals surface area contributed by atoms with Gasteiger partial charge in [0.05, 0.1) is 12.1 Å². The Hall–Kier alpha value is -2.70. The lowest BCUT2D eigenvalue weighted by Crippen LogP contribution is -2.37. The maximum atomic E-state index is 12.9. The maximum absolute atomic E-state index is 12.9. The molecule has 0 saturated heterocycles. The Balaban J connectivity index is 2.70. The molecule has 1 aromatic carbocycles. The van der Waals surface area contributed by atoms with E-state index in [9.17, 15) is 18.8 Å². The maximum Gasteiger partial charge on any atom is 0.333 e. The van der Waals surface area contributed by atoms with Crippen LogP contribution >= 0.6 is 0 Å². The quantitative estimate of drug-likeness (QED) is 0.860. The normalized spacial score (nSPS) is 10.5. The molecule has 0 saturated carbocycles. The van der Waals surface area contributed by atoms with Crippen LogP contribution in [0.3, 0.4) is 0 Å². The number of H-pyrrole nitrogens is 1. The SMILES string of the molecule is Cc1[nH]c(=O)n(-c2ccc(F)cc2)c(=O)c1CC(=O)O. The molecule has 7 heteroatoms. The summed E-state index contributed by atoms with van der Waals surface area (Å²) in [5.74, 6) is -1.68. The highest BCUT2D eigenvalue weighted by Gasteiger charge is 2.15. The number of carbonyl (C=O) groups is 1. The van der Waals surface area contributed by atoms with Gasteiger partial charge in [0.15, 0.2) is 0 Å². The summed E-state index contributed by atoms with van der Waals surface area (Å²) in [6.07, 6.45) is -0.497. The highest BCUT2D eigenvalue weighted by Crippen LogP contribution is 2.06. The minimum Gasteiger partial charge on any atom is -0.481 e. The number of halogens is 1. The molecule has 2 aromatic rings. The number of aliphatic carboxylic acids is 1. The first-order valence-corrected chi connectivity index (χ1v) is 5.72. The van der Waals surface area contributed by atoms with Crippen molar-refractivity contribution >= 4 is 5.97 Å². The van der Waals surface area contributed by atoms with Gasteiger partial charge in [-0.3, -0.25) is 9.59 Å². The topological polar surface area (TPSA) is 92.2 Å². The molecular weight excluding hydrogens is 267 g/mol. The Kier molecular flexibility index (Phi) is 3.51. The predicted molar refractivity (Wildman–Crippen MR) is 68.7 cm³/mol. The van der Waals surface area contributed by atoms with Crippen molar-refractivity contribution in [1.29, 1.82) is 0 Å². The molecule has 104 valence electrons. The fraction of sp³-hybridized carbons (Fsp3) is 0.154. The van der Waals surface area contributed by atoms with Gasteiger partial charge in [-0.25, -0.2) is 13.8 Å². The molecule has 6 nitrogen and oxygen atoms in total. The molecule has 0 bridgehead atoms. The average Bonchev–Trinajstić information content (AvgIpc) is 2.36. The number of carboxylic acid groups (broad SMARTS) is 1. The van der Waals surface area contributed by atoms with Gasteiger partial charge in [0.2, 0.25) is 0 Å². The summed E-state index contributed by atoms with van der Waals surface area (Å²) < 4.78 is 13.7. The zero-order valence-electron chi connectivity index (χ0n) is 10.5. The zero-order valence-corrected chi connectivity index (χ0v) is 10.5. The Morgan fingerprint density at radius 2 is 1.90 bits per heavy atom. The lowest BCUT2D eigenvalue weighted by atomic mass is 10.1. The van der Waals surface area contributed by atoms with E-state index in [-0.39, 0.29) is 16.9 Å². The molecule has 20 heavy (non-hydrogen) atoms. The third-order valence-corrected chi connectivity index (χ3v) is 2.82. The number of hydrogen-bond donors (Lipinski definition) is 2. The van der Waals surface area contributed by atoms with Crippen LogP contribution < -0.4 is 11.2 Å². The van der Waals surface area contributed by atoms with Crippen molar-refractivity contribution in [2.24, 2.45) is 0 Å². The number of nitrogens with zero attached hydrogens (tertiary/aromatic N) is 1. The van der Waals surface area contributed by atoms with E-state index in [0.717, 1.165) is 16.7 Å². The molecule has 0 fully saturated rings. The van der Waals surface area contributed by atoms with E-state index < -0.39 is 29.5 Å². The first kappa shape index (κ1) is 13.7. The predicted octanol–water partition coefficient (Wildman–Crippen LogP) is 0.600. The monoisotopic (exact) mass is 278 g/mol. The van der Waals surface area contributed by atoms with Crippen LogP contribution in [0.25, 0.3) is 5.69 Å². The van der Waals surface area contributed by atoms with Crippen LogP contribution in [-0.4, -0.2) is 20.6 Å². The van der Waals surface area contributed by atoms with Gasteiger partial charge in [0.1, 0.15) is 5.82 Å². The molecule has 0 aliphatic rings. The molecule has 0 radical (unpaired) electrons. The molecular formula is C13H11FN2O4. The molecule has 0 spiro atoms. The van der Waals surface area contributed by atoms with Crippen LogP contribution in [0.1, 0.15) is 11.3 Å². The van der Waals surface area contributed by atoms with Crippen molar-refractivity contribution in [3.05, 3.63) is 62.2 Å². The molecule has 1 aromatic heterocycles. The summed E-state index contributed by atoms with van der Waals surface area (Å²) in [5.41, 5.74) is -1.06. The van der Waals surface area contributed by atoms with Crippen LogP contribution in [0.5, 0.6) is 0 Å². The third-order valence-electron chi connectivity index (χ3n) is 2.82. The number of aromatic amines is 1. The van der Waals surface area contributed by atoms with Gasteiger partial charge in [-0.15, -0.1) is 0 Å². The van der Waals surface area contributed by atoms with Crippen LogP contribution in [0.15, 0.2) is 33.9 Å². The number of carboxylic acids is 1. The number of hydrogen-bond acceptors (Lipinski definition) is 3. The Bertz CT molecular complexity index is 774. The zero-order chi connectivity index (χ0) is 14.9. The number of rotatable bonds is 3. The Morgan fingerprint density at radius 3 is 2.45 bits per heavy atom. The summed E-state index contributed by atoms with van der Waals surface area (Å²) in [6, 6.07) is 4.76. The van der Waals surface area contributed by atoms with E-state index in [2.05, 4.69) is 4.98 Å². The van der Waals surface area contributed by atoms with Crippen molar-refractivity contribution in [3.8, 4) is 5.69 Å². The second kappa shape index (κ2) is 5.12. The minimum absolute atomic E-state index is 0.0126. The van der Waals surface area contributed by atoms with Crippen LogP contribution in [0, 0.1) is 12.7 Å². The smallest absolute Gasteiger partial charge is 0.333 e. The second-order valence-corrected chi connectivity index (χ2v) is 4.22. The molecule has 0 atom stereocenters. The summed E-state index contributed by atoms with van der Waals surface area (Å²) in [4.78, 5) is 37.2. The highest BCUT2D eigenvalue weighted by molar-refractivity contribution is 5.70. The largest absolute Gasteiger partial charge is 0.481 e.